The van der Waals surface area contributed by atoms with Gasteiger partial charge < -0.3 is 20.5 Å². The van der Waals surface area contributed by atoms with E-state index in [-0.39, 0.29) is 42.8 Å². The lowest BCUT2D eigenvalue weighted by Gasteiger charge is -2.25. The van der Waals surface area contributed by atoms with Gasteiger partial charge in [0.15, 0.2) is 12.3 Å². The van der Waals surface area contributed by atoms with Crippen LogP contribution >= 0.6 is 12.3 Å². The van der Waals surface area contributed by atoms with Crippen LogP contribution in [0.15, 0.2) is 47.5 Å². The van der Waals surface area contributed by atoms with Gasteiger partial charge in [-0.05, 0) is 56.5 Å². The number of amides is 2. The molecule has 0 aromatic carbocycles. The molecule has 3 aromatic rings. The van der Waals surface area contributed by atoms with Gasteiger partial charge >= 0.3 is 0 Å². The molecular weight excluding hydrogens is 538 g/mol. The first-order chi connectivity index (χ1) is 19.3. The van der Waals surface area contributed by atoms with E-state index in [1.165, 1.54) is 38.8 Å². The molecule has 3 aromatic heterocycles. The Labute approximate surface area is 236 Å². The lowest BCUT2D eigenvalue weighted by molar-refractivity contribution is -0.123. The minimum absolute atomic E-state index is 0.0189. The summed E-state index contributed by atoms with van der Waals surface area (Å²) < 4.78 is 31.5. The van der Waals surface area contributed by atoms with Gasteiger partial charge in [0, 0.05) is 32.3 Å². The van der Waals surface area contributed by atoms with Gasteiger partial charge in [-0.2, -0.15) is 0 Å². The molecule has 216 valence electrons. The first kappa shape index (κ1) is 31.0. The predicted molar refractivity (Wildman–Crippen MR) is 155 cm³/mol. The molecule has 0 bridgehead atoms. The Morgan fingerprint density at radius 2 is 2.05 bits per heavy atom. The van der Waals surface area contributed by atoms with E-state index in [0.717, 1.165) is 19.3 Å². The minimum atomic E-state index is -0.453. The second kappa shape index (κ2) is 14.8. The summed E-state index contributed by atoms with van der Waals surface area (Å²) in [5.41, 5.74) is 5.95. The summed E-state index contributed by atoms with van der Waals surface area (Å²) in [6, 6.07) is 4.81. The van der Waals surface area contributed by atoms with Crippen molar-refractivity contribution in [3.8, 4) is 0 Å². The number of nitrogens with two attached hydrogens (primary N) is 1. The normalized spacial score (nSPS) is 13.2. The van der Waals surface area contributed by atoms with Crippen LogP contribution in [0.25, 0.3) is 11.0 Å². The molecule has 0 saturated heterocycles. The van der Waals surface area contributed by atoms with Crippen molar-refractivity contribution in [2.45, 2.75) is 51.5 Å². The lowest BCUT2D eigenvalue weighted by Crippen LogP contribution is -2.26. The van der Waals surface area contributed by atoms with Crippen LogP contribution in [-0.2, 0) is 22.6 Å². The number of carbonyl (C=O) groups is 2. The van der Waals surface area contributed by atoms with Gasteiger partial charge in [-0.25, -0.2) is 4.39 Å². The van der Waals surface area contributed by atoms with Crippen molar-refractivity contribution >= 4 is 40.9 Å². The van der Waals surface area contributed by atoms with Gasteiger partial charge in [0.2, 0.25) is 11.8 Å². The number of hydrogen-bond donors (Lipinski definition) is 2. The highest BCUT2D eigenvalue weighted by molar-refractivity contribution is 7.93. The van der Waals surface area contributed by atoms with Crippen LogP contribution in [0.2, 0.25) is 0 Å². The molecule has 12 heteroatoms. The molecule has 0 atom stereocenters. The first-order valence-electron chi connectivity index (χ1n) is 13.2. The Hall–Kier alpha value is -3.51. The molecule has 1 fully saturated rings. The number of anilines is 1. The molecule has 2 amide bonds. The standard InChI is InChI=1S/C27H31F2N5O3S.CH5N/c1-32(2)25(36)12-5-3-4-11-24(35)31-22-10-7-13-33(27(22)37)17-19-15-23-26(34(19)38-29)20(21(28)16-30-23)14-18-8-6-9-18;1-2/h5,7,10,12-13,15-16,18H,3-4,6,8-9,11,14,17H2,1-2H3,(H,31,35);2H2,1H3/b12-5+;. The van der Waals surface area contributed by atoms with Crippen LogP contribution < -0.4 is 16.6 Å². The highest BCUT2D eigenvalue weighted by Crippen LogP contribution is 2.35. The molecule has 1 saturated carbocycles. The van der Waals surface area contributed by atoms with Gasteiger partial charge in [-0.15, -0.1) is 3.89 Å². The summed E-state index contributed by atoms with van der Waals surface area (Å²) in [4.78, 5) is 42.6. The number of hydrogen-bond acceptors (Lipinski definition) is 6. The van der Waals surface area contributed by atoms with Crippen LogP contribution in [-0.4, -0.2) is 51.4 Å². The minimum Gasteiger partial charge on any atom is -0.345 e. The van der Waals surface area contributed by atoms with E-state index in [0.29, 0.717) is 47.5 Å². The number of aromatic nitrogens is 3. The number of nitrogens with one attached hydrogen (secondary N) is 1. The number of carbonyl (C=O) groups excluding carboxylic acids is 2. The highest BCUT2D eigenvalue weighted by Gasteiger charge is 2.24. The number of rotatable bonds is 11. The van der Waals surface area contributed by atoms with E-state index in [2.05, 4.69) is 16.0 Å². The Morgan fingerprint density at radius 1 is 1.30 bits per heavy atom. The van der Waals surface area contributed by atoms with Crippen molar-refractivity contribution < 1.29 is 17.9 Å². The Balaban J connectivity index is 0.00000216. The maximum atomic E-state index is 14.7. The van der Waals surface area contributed by atoms with Gasteiger partial charge in [-0.3, -0.25) is 23.3 Å². The lowest BCUT2D eigenvalue weighted by atomic mass is 9.81. The summed E-state index contributed by atoms with van der Waals surface area (Å²) in [5, 5.41) is 2.64. The maximum Gasteiger partial charge on any atom is 0.274 e. The van der Waals surface area contributed by atoms with Gasteiger partial charge in [0.05, 0.1) is 29.5 Å². The quantitative estimate of drug-likeness (QED) is 0.259. The third-order valence-corrected chi connectivity index (χ3v) is 7.35. The molecule has 0 spiro atoms. The van der Waals surface area contributed by atoms with Gasteiger partial charge in [-0.1, -0.05) is 25.3 Å². The molecule has 40 heavy (non-hydrogen) atoms. The van der Waals surface area contributed by atoms with Crippen molar-refractivity contribution in [3.05, 3.63) is 70.2 Å². The van der Waals surface area contributed by atoms with E-state index in [9.17, 15) is 22.7 Å². The van der Waals surface area contributed by atoms with Gasteiger partial charge in [0.25, 0.3) is 5.56 Å². The predicted octanol–water partition coefficient (Wildman–Crippen LogP) is 4.44. The molecular formula is C28H36F2N6O3S. The highest BCUT2D eigenvalue weighted by atomic mass is 32.2. The zero-order valence-electron chi connectivity index (χ0n) is 23.0. The third kappa shape index (κ3) is 7.57. The molecule has 3 N–H and O–H groups in total. The van der Waals surface area contributed by atoms with Gasteiger partial charge in [0.1, 0.15) is 11.5 Å². The Kier molecular flexibility index (Phi) is 11.4. The number of pyridine rings is 2. The van der Waals surface area contributed by atoms with Crippen molar-refractivity contribution in [2.24, 2.45) is 11.7 Å². The summed E-state index contributed by atoms with van der Waals surface area (Å²) >= 11 is -0.0410. The summed E-state index contributed by atoms with van der Waals surface area (Å²) in [5.74, 6) is -0.516. The Morgan fingerprint density at radius 3 is 2.70 bits per heavy atom. The molecule has 0 unspecified atom stereocenters. The fourth-order valence-corrected chi connectivity index (χ4v) is 4.92. The molecule has 0 aliphatic heterocycles. The number of likely N-dealkylation sites (N-methyl/N-ethyl adjacent to an activating group) is 1. The second-order valence-corrected chi connectivity index (χ2v) is 10.3. The number of fused-ring (bicyclic) bond motifs is 1. The largest absolute Gasteiger partial charge is 0.345 e. The monoisotopic (exact) mass is 574 g/mol. The zero-order valence-corrected chi connectivity index (χ0v) is 23.8. The summed E-state index contributed by atoms with van der Waals surface area (Å²) in [6.45, 7) is 0.0189. The fourth-order valence-electron chi connectivity index (χ4n) is 4.45. The molecule has 0 radical (unpaired) electrons. The third-order valence-electron chi connectivity index (χ3n) is 6.79. The number of unbranched alkanes of at least 4 members (excludes halogenated alkanes) is 1. The molecule has 1 aliphatic rings. The van der Waals surface area contributed by atoms with Crippen LogP contribution in [0.1, 0.15) is 49.8 Å². The van der Waals surface area contributed by atoms with E-state index in [1.54, 1.807) is 38.5 Å². The second-order valence-electron chi connectivity index (χ2n) is 9.75. The van der Waals surface area contributed by atoms with E-state index < -0.39 is 11.4 Å². The molecule has 3 heterocycles. The van der Waals surface area contributed by atoms with Crippen molar-refractivity contribution in [2.75, 3.05) is 26.5 Å². The smallest absolute Gasteiger partial charge is 0.274 e. The van der Waals surface area contributed by atoms with Crippen LogP contribution in [0, 0.1) is 11.7 Å². The van der Waals surface area contributed by atoms with Crippen molar-refractivity contribution in [1.29, 1.82) is 0 Å². The van der Waals surface area contributed by atoms with Crippen LogP contribution in [0.4, 0.5) is 14.0 Å². The number of allylic oxidation sites excluding steroid dienone is 1. The fraction of sp³-hybridized carbons (Fsp3) is 0.429. The molecule has 9 nitrogen and oxygen atoms in total. The SMILES string of the molecule is CN.CN(C)C(=O)/C=C/CCCC(=O)Nc1cccn(Cc2cc3ncc(F)c(CC4CCC4)c3n2SF)c1=O. The number of halogens is 2. The summed E-state index contributed by atoms with van der Waals surface area (Å²) in [7, 11) is 4.82. The zero-order chi connectivity index (χ0) is 29.2. The van der Waals surface area contributed by atoms with Crippen molar-refractivity contribution in [3.63, 3.8) is 0 Å². The van der Waals surface area contributed by atoms with E-state index in [4.69, 9.17) is 0 Å². The first-order valence-corrected chi connectivity index (χ1v) is 13.9. The van der Waals surface area contributed by atoms with Crippen LogP contribution in [0.3, 0.4) is 0 Å². The number of nitrogens with zero attached hydrogens (tertiary/aromatic N) is 4. The average molecular weight is 575 g/mol. The molecule has 4 rings (SSSR count). The van der Waals surface area contributed by atoms with Crippen molar-refractivity contribution in [1.82, 2.24) is 18.4 Å². The maximum absolute atomic E-state index is 14.7. The Bertz CT molecular complexity index is 1420. The topological polar surface area (TPSA) is 115 Å². The molecule has 1 aliphatic carbocycles. The van der Waals surface area contributed by atoms with Crippen LogP contribution in [0.5, 0.6) is 0 Å². The summed E-state index contributed by atoms with van der Waals surface area (Å²) in [6.07, 6.45) is 10.9. The average Bonchev–Trinajstić information content (AvgIpc) is 3.27. The van der Waals surface area contributed by atoms with E-state index in [1.807, 2.05) is 0 Å². The van der Waals surface area contributed by atoms with E-state index >= 15 is 0 Å².